The fourth-order valence-electron chi connectivity index (χ4n) is 2.38. The van der Waals surface area contributed by atoms with Crippen molar-refractivity contribution in [2.75, 3.05) is 6.54 Å². The zero-order valence-corrected chi connectivity index (χ0v) is 13.5. The maximum absolute atomic E-state index is 12.8. The SMILES string of the molecule is CCNC(c1ccccc1)C(CC)S(=O)c1cccs1. The second-order valence-electron chi connectivity index (χ2n) is 4.62. The van der Waals surface area contributed by atoms with Crippen molar-refractivity contribution in [3.8, 4) is 0 Å². The van der Waals surface area contributed by atoms with Crippen LogP contribution >= 0.6 is 11.3 Å². The molecule has 0 amide bonds. The van der Waals surface area contributed by atoms with Crippen LogP contribution in [0.3, 0.4) is 0 Å². The molecule has 4 heteroatoms. The molecule has 0 fully saturated rings. The highest BCUT2D eigenvalue weighted by Gasteiger charge is 2.27. The summed E-state index contributed by atoms with van der Waals surface area (Å²) in [5.41, 5.74) is 1.21. The first-order chi connectivity index (χ1) is 9.77. The monoisotopic (exact) mass is 307 g/mol. The van der Waals surface area contributed by atoms with E-state index in [1.54, 1.807) is 11.3 Å². The third-order valence-electron chi connectivity index (χ3n) is 3.33. The van der Waals surface area contributed by atoms with Crippen molar-refractivity contribution in [3.63, 3.8) is 0 Å². The molecule has 2 aromatic rings. The molecule has 0 bridgehead atoms. The van der Waals surface area contributed by atoms with Gasteiger partial charge >= 0.3 is 0 Å². The maximum Gasteiger partial charge on any atom is 0.0914 e. The van der Waals surface area contributed by atoms with Gasteiger partial charge in [0.1, 0.15) is 0 Å². The smallest absolute Gasteiger partial charge is 0.0914 e. The van der Waals surface area contributed by atoms with E-state index in [9.17, 15) is 4.21 Å². The Labute approximate surface area is 127 Å². The van der Waals surface area contributed by atoms with E-state index >= 15 is 0 Å². The Bertz CT molecular complexity index is 525. The lowest BCUT2D eigenvalue weighted by Gasteiger charge is -2.26. The predicted molar refractivity (Wildman–Crippen MR) is 87.7 cm³/mol. The van der Waals surface area contributed by atoms with Gasteiger partial charge in [-0.2, -0.15) is 0 Å². The van der Waals surface area contributed by atoms with Crippen LogP contribution in [0.1, 0.15) is 31.9 Å². The number of nitrogens with one attached hydrogen (secondary N) is 1. The van der Waals surface area contributed by atoms with Gasteiger partial charge in [-0.1, -0.05) is 50.2 Å². The van der Waals surface area contributed by atoms with Crippen LogP contribution < -0.4 is 5.32 Å². The second-order valence-corrected chi connectivity index (χ2v) is 7.47. The number of benzene rings is 1. The van der Waals surface area contributed by atoms with Crippen LogP contribution in [0.25, 0.3) is 0 Å². The quantitative estimate of drug-likeness (QED) is 0.838. The molecular weight excluding hydrogens is 286 g/mol. The summed E-state index contributed by atoms with van der Waals surface area (Å²) in [7, 11) is -0.966. The molecular formula is C16H21NOS2. The van der Waals surface area contributed by atoms with E-state index in [0.29, 0.717) is 0 Å². The van der Waals surface area contributed by atoms with Gasteiger partial charge in [0.05, 0.1) is 20.3 Å². The lowest BCUT2D eigenvalue weighted by Crippen LogP contribution is -2.34. The van der Waals surface area contributed by atoms with Gasteiger partial charge in [0.2, 0.25) is 0 Å². The molecule has 1 aromatic carbocycles. The zero-order valence-electron chi connectivity index (χ0n) is 11.9. The molecule has 2 rings (SSSR count). The van der Waals surface area contributed by atoms with Crippen molar-refractivity contribution in [2.24, 2.45) is 0 Å². The Morgan fingerprint density at radius 1 is 1.15 bits per heavy atom. The van der Waals surface area contributed by atoms with E-state index in [2.05, 4.69) is 31.3 Å². The molecule has 1 aromatic heterocycles. The van der Waals surface area contributed by atoms with Gasteiger partial charge in [0.25, 0.3) is 0 Å². The minimum Gasteiger partial charge on any atom is -0.309 e. The van der Waals surface area contributed by atoms with Crippen LogP contribution in [-0.4, -0.2) is 16.0 Å². The molecule has 0 aliphatic carbocycles. The van der Waals surface area contributed by atoms with Gasteiger partial charge in [-0.25, -0.2) is 0 Å². The van der Waals surface area contributed by atoms with Crippen molar-refractivity contribution in [1.82, 2.24) is 5.32 Å². The molecule has 3 unspecified atom stereocenters. The van der Waals surface area contributed by atoms with Gasteiger partial charge in [-0.15, -0.1) is 11.3 Å². The summed E-state index contributed by atoms with van der Waals surface area (Å²) in [5, 5.41) is 5.59. The number of rotatable bonds is 7. The summed E-state index contributed by atoms with van der Waals surface area (Å²) in [5.74, 6) is 0. The first kappa shape index (κ1) is 15.4. The summed E-state index contributed by atoms with van der Waals surface area (Å²) in [6.45, 7) is 5.08. The summed E-state index contributed by atoms with van der Waals surface area (Å²) >= 11 is 1.58. The lowest BCUT2D eigenvalue weighted by atomic mass is 10.0. The minimum absolute atomic E-state index is 0.0935. The Morgan fingerprint density at radius 2 is 1.90 bits per heavy atom. The molecule has 0 aliphatic rings. The third kappa shape index (κ3) is 3.57. The van der Waals surface area contributed by atoms with E-state index in [4.69, 9.17) is 0 Å². The van der Waals surface area contributed by atoms with E-state index in [1.807, 2.05) is 35.7 Å². The molecule has 1 heterocycles. The van der Waals surface area contributed by atoms with Gasteiger partial charge < -0.3 is 5.32 Å². The number of hydrogen-bond donors (Lipinski definition) is 1. The molecule has 20 heavy (non-hydrogen) atoms. The molecule has 3 atom stereocenters. The molecule has 0 spiro atoms. The van der Waals surface area contributed by atoms with Crippen LogP contribution in [0.5, 0.6) is 0 Å². The van der Waals surface area contributed by atoms with E-state index in [-0.39, 0.29) is 11.3 Å². The van der Waals surface area contributed by atoms with Crippen molar-refractivity contribution in [1.29, 1.82) is 0 Å². The van der Waals surface area contributed by atoms with Crippen molar-refractivity contribution in [3.05, 3.63) is 53.4 Å². The average Bonchev–Trinajstić information content (AvgIpc) is 3.02. The topological polar surface area (TPSA) is 29.1 Å². The molecule has 0 radical (unpaired) electrons. The van der Waals surface area contributed by atoms with Crippen molar-refractivity contribution >= 4 is 22.1 Å². The maximum atomic E-state index is 12.8. The first-order valence-corrected chi connectivity index (χ1v) is 9.09. The van der Waals surface area contributed by atoms with Gasteiger partial charge in [-0.05, 0) is 30.0 Å². The van der Waals surface area contributed by atoms with E-state index < -0.39 is 10.8 Å². The predicted octanol–water partition coefficient (Wildman–Crippen LogP) is 3.99. The molecule has 1 N–H and O–H groups in total. The first-order valence-electron chi connectivity index (χ1n) is 7.00. The van der Waals surface area contributed by atoms with E-state index in [1.165, 1.54) is 5.56 Å². The summed E-state index contributed by atoms with van der Waals surface area (Å²) in [4.78, 5) is 0. The molecule has 0 aliphatic heterocycles. The molecule has 2 nitrogen and oxygen atoms in total. The fourth-order valence-corrected chi connectivity index (χ4v) is 5.06. The molecule has 108 valence electrons. The Hall–Kier alpha value is -0.970. The Kier molecular flexibility index (Phi) is 5.95. The summed E-state index contributed by atoms with van der Waals surface area (Å²) < 4.78 is 13.8. The van der Waals surface area contributed by atoms with Gasteiger partial charge in [0, 0.05) is 6.04 Å². The van der Waals surface area contributed by atoms with E-state index in [0.717, 1.165) is 17.2 Å². The highest BCUT2D eigenvalue weighted by atomic mass is 32.2. The summed E-state index contributed by atoms with van der Waals surface area (Å²) in [6, 6.07) is 14.4. The van der Waals surface area contributed by atoms with Crippen LogP contribution in [0.15, 0.2) is 52.1 Å². The standard InChI is InChI=1S/C16H21NOS2/c1-3-14(20(18)15-11-8-12-19-15)16(17-4-2)13-9-6-5-7-10-13/h5-12,14,16-17H,3-4H2,1-2H3. The highest BCUT2D eigenvalue weighted by Crippen LogP contribution is 2.28. The van der Waals surface area contributed by atoms with Crippen LogP contribution in [0.2, 0.25) is 0 Å². The van der Waals surface area contributed by atoms with Crippen LogP contribution in [0, 0.1) is 0 Å². The number of thiophene rings is 1. The van der Waals surface area contributed by atoms with Crippen molar-refractivity contribution < 1.29 is 4.21 Å². The van der Waals surface area contributed by atoms with Crippen LogP contribution in [-0.2, 0) is 10.8 Å². The molecule has 0 saturated heterocycles. The third-order valence-corrected chi connectivity index (χ3v) is 6.46. The minimum atomic E-state index is -0.966. The van der Waals surface area contributed by atoms with Gasteiger partial charge in [-0.3, -0.25) is 4.21 Å². The summed E-state index contributed by atoms with van der Waals surface area (Å²) in [6.07, 6.45) is 0.886. The highest BCUT2D eigenvalue weighted by molar-refractivity contribution is 7.88. The largest absolute Gasteiger partial charge is 0.309 e. The Morgan fingerprint density at radius 3 is 2.45 bits per heavy atom. The fraction of sp³-hybridized carbons (Fsp3) is 0.375. The second kappa shape index (κ2) is 7.72. The Balaban J connectivity index is 2.28. The van der Waals surface area contributed by atoms with Gasteiger partial charge in [0.15, 0.2) is 0 Å². The zero-order chi connectivity index (χ0) is 14.4. The molecule has 0 saturated carbocycles. The van der Waals surface area contributed by atoms with Crippen LogP contribution in [0.4, 0.5) is 0 Å². The number of hydrogen-bond acceptors (Lipinski definition) is 3. The normalized spacial score (nSPS) is 15.7. The van der Waals surface area contributed by atoms with Crippen molar-refractivity contribution in [2.45, 2.75) is 35.8 Å². The lowest BCUT2D eigenvalue weighted by molar-refractivity contribution is 0.510. The average molecular weight is 307 g/mol.